The van der Waals surface area contributed by atoms with Crippen LogP contribution in [0.2, 0.25) is 0 Å². The van der Waals surface area contributed by atoms with Crippen molar-refractivity contribution in [3.05, 3.63) is 124 Å². The number of carbonyl (C=O) groups excluding carboxylic acids is 2. The molecule has 0 aromatic heterocycles. The van der Waals surface area contributed by atoms with Crippen LogP contribution in [0.1, 0.15) is 55.8 Å². The van der Waals surface area contributed by atoms with Crippen molar-refractivity contribution in [2.24, 2.45) is 9.98 Å². The number of aliphatic hydroxyl groups is 1. The summed E-state index contributed by atoms with van der Waals surface area (Å²) in [5.74, 6) is 2.04. The second kappa shape index (κ2) is 15.7. The number of benzene rings is 5. The second-order valence-corrected chi connectivity index (χ2v) is 14.6. The van der Waals surface area contributed by atoms with Gasteiger partial charge in [-0.05, 0) is 77.6 Å². The highest BCUT2D eigenvalue weighted by molar-refractivity contribution is 6.15. The molecule has 2 amide bonds. The third kappa shape index (κ3) is 6.89. The van der Waals surface area contributed by atoms with Crippen molar-refractivity contribution >= 4 is 47.0 Å². The minimum absolute atomic E-state index is 0.0881. The van der Waals surface area contributed by atoms with E-state index in [9.17, 15) is 14.7 Å². The number of ether oxygens (including phenoxy) is 5. The molecule has 4 aliphatic heterocycles. The fraction of sp³-hybridized carbons (Fsp3) is 0.261. The molecule has 1 N–H and O–H groups in total. The van der Waals surface area contributed by atoms with Gasteiger partial charge in [0.2, 0.25) is 0 Å². The van der Waals surface area contributed by atoms with Crippen LogP contribution in [0.15, 0.2) is 101 Å². The fourth-order valence-corrected chi connectivity index (χ4v) is 8.08. The number of rotatable bonds is 13. The fourth-order valence-electron chi connectivity index (χ4n) is 8.08. The smallest absolute Gasteiger partial charge is 0.261 e. The first kappa shape index (κ1) is 36.9. The number of carbonyl (C=O) groups is 2. The summed E-state index contributed by atoms with van der Waals surface area (Å²) in [5.41, 5.74) is 7.51. The molecule has 4 aliphatic rings. The largest absolute Gasteiger partial charge is 0.494 e. The Balaban J connectivity index is 0.955. The molecule has 5 aromatic rings. The minimum Gasteiger partial charge on any atom is -0.494 e. The predicted octanol–water partition coefficient (Wildman–Crippen LogP) is 7.59. The first-order valence-corrected chi connectivity index (χ1v) is 19.4. The molecule has 0 fully saturated rings. The van der Waals surface area contributed by atoms with Crippen LogP contribution in [-0.4, -0.2) is 68.9 Å². The van der Waals surface area contributed by atoms with Crippen LogP contribution in [0.4, 0.5) is 22.7 Å². The normalized spacial score (nSPS) is 17.0. The number of anilines is 2. The van der Waals surface area contributed by atoms with Gasteiger partial charge in [-0.3, -0.25) is 29.4 Å². The van der Waals surface area contributed by atoms with E-state index in [1.807, 2.05) is 79.2 Å². The number of hydrogen-bond donors (Lipinski definition) is 1. The average Bonchev–Trinajstić information content (AvgIpc) is 3.74. The van der Waals surface area contributed by atoms with Crippen LogP contribution < -0.4 is 33.5 Å². The van der Waals surface area contributed by atoms with E-state index in [0.717, 1.165) is 33.6 Å². The number of nitrogens with zero attached hydrogens (tertiary/aromatic N) is 4. The summed E-state index contributed by atoms with van der Waals surface area (Å²) in [4.78, 5) is 40.9. The Morgan fingerprint density at radius 2 is 1.12 bits per heavy atom. The Morgan fingerprint density at radius 1 is 0.621 bits per heavy atom. The summed E-state index contributed by atoms with van der Waals surface area (Å²) in [5, 5.41) is 9.29. The highest BCUT2D eigenvalue weighted by Gasteiger charge is 2.38. The molecule has 9 rings (SSSR count). The number of methoxy groups -OCH3 is 2. The van der Waals surface area contributed by atoms with Crippen molar-refractivity contribution in [1.29, 1.82) is 0 Å². The Morgan fingerprint density at radius 3 is 1.60 bits per heavy atom. The molecule has 2 atom stereocenters. The number of para-hydroxylation sites is 2. The number of hydrogen-bond acceptors (Lipinski definition) is 10. The molecular formula is C46H42N4O8. The summed E-state index contributed by atoms with van der Waals surface area (Å²) >= 11 is 0. The molecule has 0 aliphatic carbocycles. The van der Waals surface area contributed by atoms with Gasteiger partial charge in [0.15, 0.2) is 23.0 Å². The lowest BCUT2D eigenvalue weighted by Gasteiger charge is -2.22. The lowest BCUT2D eigenvalue weighted by atomic mass is 10.1. The topological polar surface area (TPSA) is 132 Å². The van der Waals surface area contributed by atoms with E-state index >= 15 is 0 Å². The lowest BCUT2D eigenvalue weighted by Crippen LogP contribution is -2.37. The van der Waals surface area contributed by atoms with Crippen molar-refractivity contribution in [1.82, 2.24) is 0 Å². The molecule has 1 unspecified atom stereocenters. The van der Waals surface area contributed by atoms with Crippen LogP contribution in [0.5, 0.6) is 28.7 Å². The molecule has 58 heavy (non-hydrogen) atoms. The SMILES string of the molecule is COc1cc2c(cc1OCc1cc(COc3cc4c(cc3OC)C(=O)N3c5ccccc5C[C@H]3C=N4)cc(OCCCCO)c1)N=CC1Cc3ccccc3N1C2=O. The van der Waals surface area contributed by atoms with Gasteiger partial charge in [0.1, 0.15) is 19.0 Å². The molecule has 0 bridgehead atoms. The standard InChI is InChI=1S/C46H42N4O8/c1-54-41-20-35-37(47-24-32-18-30-9-3-5-11-39(30)49(32)45(35)52)22-43(41)57-26-28-15-29(17-34(16-28)56-14-8-7-13-51)27-58-44-23-38-36(21-42(44)55-2)46(53)50-33(25-48-38)19-31-10-4-6-12-40(31)50/h3-6,9-12,15-17,20-25,32-33,51H,7-8,13-14,18-19,26-27H2,1-2H3/t32-,33?/m0/s1. The minimum atomic E-state index is -0.176. The van der Waals surface area contributed by atoms with Crippen LogP contribution >= 0.6 is 0 Å². The lowest BCUT2D eigenvalue weighted by molar-refractivity contribution is 0.0978. The first-order valence-electron chi connectivity index (χ1n) is 19.4. The molecule has 12 nitrogen and oxygen atoms in total. The molecule has 0 saturated carbocycles. The molecule has 0 radical (unpaired) electrons. The maximum atomic E-state index is 13.9. The third-order valence-electron chi connectivity index (χ3n) is 10.9. The zero-order valence-corrected chi connectivity index (χ0v) is 32.2. The maximum Gasteiger partial charge on any atom is 0.261 e. The summed E-state index contributed by atoms with van der Waals surface area (Å²) in [6.45, 7) is 0.807. The highest BCUT2D eigenvalue weighted by Crippen LogP contribution is 2.43. The molecular weight excluding hydrogens is 737 g/mol. The molecule has 4 heterocycles. The van der Waals surface area contributed by atoms with Crippen molar-refractivity contribution in [3.8, 4) is 28.7 Å². The van der Waals surface area contributed by atoms with Crippen molar-refractivity contribution in [2.45, 2.75) is 51.0 Å². The van der Waals surface area contributed by atoms with Gasteiger partial charge in [-0.2, -0.15) is 0 Å². The highest BCUT2D eigenvalue weighted by atomic mass is 16.5. The number of aliphatic imine (C=N–C) groups is 2. The van der Waals surface area contributed by atoms with E-state index in [0.29, 0.717) is 83.5 Å². The van der Waals surface area contributed by atoms with E-state index < -0.39 is 0 Å². The number of aliphatic hydroxyl groups excluding tert-OH is 1. The van der Waals surface area contributed by atoms with Gasteiger partial charge >= 0.3 is 0 Å². The van der Waals surface area contributed by atoms with Crippen LogP contribution in [0.3, 0.4) is 0 Å². The van der Waals surface area contributed by atoms with E-state index in [2.05, 4.69) is 0 Å². The first-order chi connectivity index (χ1) is 28.4. The Labute approximate surface area is 335 Å². The Bertz CT molecular complexity index is 2320. The molecule has 0 saturated heterocycles. The van der Waals surface area contributed by atoms with E-state index in [1.165, 1.54) is 0 Å². The van der Waals surface area contributed by atoms with Gasteiger partial charge < -0.3 is 28.8 Å². The second-order valence-electron chi connectivity index (χ2n) is 14.6. The number of unbranched alkanes of at least 4 members (excludes halogenated alkanes) is 1. The molecule has 0 spiro atoms. The Kier molecular flexibility index (Phi) is 10.0. The molecule has 294 valence electrons. The number of fused-ring (bicyclic) bond motifs is 8. The molecule has 12 heteroatoms. The van der Waals surface area contributed by atoms with Crippen LogP contribution in [0, 0.1) is 0 Å². The average molecular weight is 779 g/mol. The molecule has 5 aromatic carbocycles. The quantitative estimate of drug-likeness (QED) is 0.121. The Hall–Kier alpha value is -6.66. The zero-order valence-electron chi connectivity index (χ0n) is 32.2. The number of amides is 2. The van der Waals surface area contributed by atoms with Crippen molar-refractivity contribution < 1.29 is 38.4 Å². The monoisotopic (exact) mass is 778 g/mol. The summed E-state index contributed by atoms with van der Waals surface area (Å²) in [7, 11) is 3.09. The van der Waals surface area contributed by atoms with Gasteiger partial charge in [-0.15, -0.1) is 0 Å². The van der Waals surface area contributed by atoms with Crippen LogP contribution in [0.25, 0.3) is 0 Å². The van der Waals surface area contributed by atoms with Gasteiger partial charge in [0, 0.05) is 55.4 Å². The van der Waals surface area contributed by atoms with Crippen molar-refractivity contribution in [3.63, 3.8) is 0 Å². The van der Waals surface area contributed by atoms with Crippen molar-refractivity contribution in [2.75, 3.05) is 37.2 Å². The maximum absolute atomic E-state index is 13.9. The summed E-state index contributed by atoms with van der Waals surface area (Å²) < 4.78 is 30.3. The van der Waals surface area contributed by atoms with E-state index in [-0.39, 0.29) is 43.7 Å². The summed E-state index contributed by atoms with van der Waals surface area (Å²) in [6, 6.07) is 28.2. The third-order valence-corrected chi connectivity index (χ3v) is 10.9. The van der Waals surface area contributed by atoms with Gasteiger partial charge in [-0.1, -0.05) is 36.4 Å². The van der Waals surface area contributed by atoms with Crippen LogP contribution in [-0.2, 0) is 26.1 Å². The van der Waals surface area contributed by atoms with E-state index in [1.54, 1.807) is 48.3 Å². The van der Waals surface area contributed by atoms with Gasteiger partial charge in [0.25, 0.3) is 11.8 Å². The predicted molar refractivity (Wildman–Crippen MR) is 221 cm³/mol. The zero-order chi connectivity index (χ0) is 39.8. The van der Waals surface area contributed by atoms with E-state index in [4.69, 9.17) is 33.7 Å². The van der Waals surface area contributed by atoms with Gasteiger partial charge in [-0.25, -0.2) is 0 Å². The van der Waals surface area contributed by atoms with Gasteiger partial charge in [0.05, 0.1) is 55.4 Å². The summed E-state index contributed by atoms with van der Waals surface area (Å²) in [6.07, 6.45) is 6.37.